The van der Waals surface area contributed by atoms with Crippen LogP contribution < -0.4 is 10.3 Å². The second-order valence-electron chi connectivity index (χ2n) is 11.0. The summed E-state index contributed by atoms with van der Waals surface area (Å²) in [5, 5.41) is 13.4. The third-order valence-electron chi connectivity index (χ3n) is 8.37. The summed E-state index contributed by atoms with van der Waals surface area (Å²) in [6.45, 7) is 1.82. The number of aromatic nitrogens is 2. The molecule has 0 spiro atoms. The molecule has 1 atom stereocenters. The first kappa shape index (κ1) is 21.6. The highest BCUT2D eigenvalue weighted by molar-refractivity contribution is 6.29. The maximum absolute atomic E-state index is 13.7. The van der Waals surface area contributed by atoms with Crippen LogP contribution in [0, 0.1) is 41.8 Å². The second kappa shape index (κ2) is 7.65. The molecule has 4 saturated carbocycles. The molecule has 4 fully saturated rings. The number of amides is 2. The lowest BCUT2D eigenvalue weighted by Crippen LogP contribution is -2.52. The first-order valence-corrected chi connectivity index (χ1v) is 12.6. The minimum absolute atomic E-state index is 0.0353. The molecule has 1 aromatic heterocycles. The van der Waals surface area contributed by atoms with Gasteiger partial charge in [0.15, 0.2) is 5.84 Å². The van der Waals surface area contributed by atoms with Gasteiger partial charge in [-0.05, 0) is 87.5 Å². The smallest absolute Gasteiger partial charge is 0.265 e. The van der Waals surface area contributed by atoms with Crippen LogP contribution in [-0.4, -0.2) is 39.6 Å². The standard InChI is InChI=1S/C26H26FN7O2/c1-14-6-21(29-24(36)26-10-15-7-16(11-26)9-17(8-15)12-26)34(32-14)25-30-22-20(23(35)31-25)13-28-33(22)19-4-2-18(27)3-5-19/h2-6,13,15-17,20H,7-12H2,1H3,(H,29,36). The molecule has 4 bridgehead atoms. The molecule has 0 saturated heterocycles. The summed E-state index contributed by atoms with van der Waals surface area (Å²) in [7, 11) is 0. The number of nitrogens with one attached hydrogen (secondary N) is 1. The minimum atomic E-state index is -0.722. The third-order valence-corrected chi connectivity index (χ3v) is 8.37. The zero-order valence-electron chi connectivity index (χ0n) is 19.9. The summed E-state index contributed by atoms with van der Waals surface area (Å²) >= 11 is 0. The fourth-order valence-corrected chi connectivity index (χ4v) is 7.23. The average molecular weight is 488 g/mol. The Hall–Kier alpha value is -3.69. The lowest BCUT2D eigenvalue weighted by atomic mass is 9.49. The lowest BCUT2D eigenvalue weighted by Gasteiger charge is -2.55. The van der Waals surface area contributed by atoms with Crippen LogP contribution in [0.5, 0.6) is 0 Å². The molecule has 8 rings (SSSR count). The number of carbonyl (C=O) groups is 2. The van der Waals surface area contributed by atoms with Crippen molar-refractivity contribution in [3.63, 3.8) is 0 Å². The quantitative estimate of drug-likeness (QED) is 0.712. The number of fused-ring (bicyclic) bond motifs is 1. The Morgan fingerprint density at radius 3 is 2.39 bits per heavy atom. The maximum atomic E-state index is 13.7. The van der Waals surface area contributed by atoms with Crippen molar-refractivity contribution in [3.05, 3.63) is 41.8 Å². The van der Waals surface area contributed by atoms with E-state index in [-0.39, 0.29) is 23.1 Å². The Labute approximate surface area is 207 Å². The molecule has 3 heterocycles. The maximum Gasteiger partial charge on any atom is 0.265 e. The fourth-order valence-electron chi connectivity index (χ4n) is 7.23. The normalized spacial score (nSPS) is 31.9. The first-order chi connectivity index (χ1) is 17.4. The minimum Gasteiger partial charge on any atom is -0.310 e. The van der Waals surface area contributed by atoms with Crippen LogP contribution >= 0.6 is 0 Å². The number of halogens is 1. The van der Waals surface area contributed by atoms with Crippen molar-refractivity contribution in [3.8, 4) is 0 Å². The fraction of sp³-hybridized carbons (Fsp3) is 0.462. The van der Waals surface area contributed by atoms with Gasteiger partial charge in [0.25, 0.3) is 11.9 Å². The highest BCUT2D eigenvalue weighted by Gasteiger charge is 2.54. The predicted octanol–water partition coefficient (Wildman–Crippen LogP) is 3.75. The van der Waals surface area contributed by atoms with Crippen molar-refractivity contribution < 1.29 is 14.0 Å². The van der Waals surface area contributed by atoms with E-state index < -0.39 is 11.8 Å². The average Bonchev–Trinajstić information content (AvgIpc) is 3.42. The molecule has 6 aliphatic rings. The van der Waals surface area contributed by atoms with Gasteiger partial charge in [0.05, 0.1) is 16.8 Å². The van der Waals surface area contributed by atoms with Crippen molar-refractivity contribution in [1.29, 1.82) is 0 Å². The van der Waals surface area contributed by atoms with Crippen molar-refractivity contribution in [2.75, 3.05) is 10.3 Å². The van der Waals surface area contributed by atoms with E-state index in [4.69, 9.17) is 0 Å². The lowest BCUT2D eigenvalue weighted by molar-refractivity contribution is -0.140. The highest BCUT2D eigenvalue weighted by atomic mass is 19.1. The molecule has 2 aliphatic heterocycles. The summed E-state index contributed by atoms with van der Waals surface area (Å²) in [5.41, 5.74) is 0.929. The SMILES string of the molecule is Cc1cc(NC(=O)C23CC4CC(CC(C4)C2)C3)n(C2=NC(=O)C3C=NN(c4ccc(F)cc4)C3=N2)n1. The zero-order valence-corrected chi connectivity index (χ0v) is 19.9. The Bertz CT molecular complexity index is 1340. The number of hydrogen-bond acceptors (Lipinski definition) is 6. The van der Waals surface area contributed by atoms with Gasteiger partial charge < -0.3 is 5.32 Å². The van der Waals surface area contributed by atoms with Crippen LogP contribution in [0.15, 0.2) is 45.4 Å². The number of carbonyl (C=O) groups excluding carboxylic acids is 2. The topological polar surface area (TPSA) is 104 Å². The van der Waals surface area contributed by atoms with Gasteiger partial charge in [0.2, 0.25) is 5.91 Å². The molecule has 2 amide bonds. The Balaban J connectivity index is 1.19. The molecule has 1 unspecified atom stereocenters. The van der Waals surface area contributed by atoms with E-state index in [0.717, 1.165) is 19.3 Å². The van der Waals surface area contributed by atoms with Crippen molar-refractivity contribution >= 4 is 41.3 Å². The number of hydrogen-bond donors (Lipinski definition) is 1. The van der Waals surface area contributed by atoms with E-state index in [0.29, 0.717) is 40.8 Å². The van der Waals surface area contributed by atoms with Gasteiger partial charge >= 0.3 is 0 Å². The van der Waals surface area contributed by atoms with Gasteiger partial charge in [0.1, 0.15) is 17.6 Å². The highest BCUT2D eigenvalue weighted by Crippen LogP contribution is 2.60. The van der Waals surface area contributed by atoms with Gasteiger partial charge in [-0.3, -0.25) is 9.59 Å². The zero-order chi connectivity index (χ0) is 24.6. The Morgan fingerprint density at radius 2 is 1.72 bits per heavy atom. The van der Waals surface area contributed by atoms with E-state index in [9.17, 15) is 14.0 Å². The molecule has 9 nitrogen and oxygen atoms in total. The molecule has 184 valence electrons. The van der Waals surface area contributed by atoms with Crippen LogP contribution in [0.25, 0.3) is 0 Å². The van der Waals surface area contributed by atoms with Gasteiger partial charge in [-0.15, -0.1) is 0 Å². The summed E-state index contributed by atoms with van der Waals surface area (Å²) in [4.78, 5) is 35.3. The summed E-state index contributed by atoms with van der Waals surface area (Å²) < 4.78 is 14.9. The number of anilines is 2. The number of amidine groups is 1. The van der Waals surface area contributed by atoms with Crippen LogP contribution in [0.4, 0.5) is 15.9 Å². The van der Waals surface area contributed by atoms with Gasteiger partial charge in [0, 0.05) is 12.3 Å². The van der Waals surface area contributed by atoms with Gasteiger partial charge in [-0.1, -0.05) is 0 Å². The summed E-state index contributed by atoms with van der Waals surface area (Å²) in [6.07, 6.45) is 8.10. The second-order valence-corrected chi connectivity index (χ2v) is 11.0. The molecule has 10 heteroatoms. The van der Waals surface area contributed by atoms with Crippen molar-refractivity contribution in [2.24, 2.45) is 44.2 Å². The molecule has 2 aromatic rings. The Morgan fingerprint density at radius 1 is 1.06 bits per heavy atom. The number of rotatable bonds is 3. The van der Waals surface area contributed by atoms with E-state index in [1.165, 1.54) is 47.3 Å². The molecular formula is C26H26FN7O2. The van der Waals surface area contributed by atoms with Crippen LogP contribution in [0.3, 0.4) is 0 Å². The van der Waals surface area contributed by atoms with Crippen LogP contribution in [0.1, 0.15) is 44.2 Å². The van der Waals surface area contributed by atoms with Crippen molar-refractivity contribution in [2.45, 2.75) is 45.4 Å². The van der Waals surface area contributed by atoms with E-state index in [1.54, 1.807) is 18.2 Å². The monoisotopic (exact) mass is 487 g/mol. The van der Waals surface area contributed by atoms with Crippen LogP contribution in [-0.2, 0) is 9.59 Å². The molecular weight excluding hydrogens is 461 g/mol. The molecule has 4 aliphatic carbocycles. The summed E-state index contributed by atoms with van der Waals surface area (Å²) in [6, 6.07) is 7.58. The van der Waals surface area contributed by atoms with E-state index >= 15 is 0 Å². The number of aryl methyl sites for hydroxylation is 1. The van der Waals surface area contributed by atoms with Crippen LogP contribution in [0.2, 0.25) is 0 Å². The number of benzene rings is 1. The first-order valence-electron chi connectivity index (χ1n) is 12.6. The van der Waals surface area contributed by atoms with Crippen molar-refractivity contribution in [1.82, 2.24) is 9.78 Å². The number of aliphatic imine (C=N–C) groups is 2. The van der Waals surface area contributed by atoms with Gasteiger partial charge in [-0.2, -0.15) is 24.9 Å². The molecule has 1 aromatic carbocycles. The van der Waals surface area contributed by atoms with E-state index in [2.05, 4.69) is 25.5 Å². The Kier molecular flexibility index (Phi) is 4.59. The van der Waals surface area contributed by atoms with Gasteiger partial charge in [-0.25, -0.2) is 9.40 Å². The molecule has 36 heavy (non-hydrogen) atoms. The molecule has 0 radical (unpaired) electrons. The third kappa shape index (κ3) is 3.34. The largest absolute Gasteiger partial charge is 0.310 e. The number of nitrogens with zero attached hydrogens (tertiary/aromatic N) is 6. The molecule has 1 N–H and O–H groups in total. The summed E-state index contributed by atoms with van der Waals surface area (Å²) in [5.74, 6) is 1.36. The predicted molar refractivity (Wildman–Crippen MR) is 132 cm³/mol. The number of hydrazone groups is 1. The van der Waals surface area contributed by atoms with E-state index in [1.807, 2.05) is 6.92 Å².